The zero-order valence-electron chi connectivity index (χ0n) is 21.9. The van der Waals surface area contributed by atoms with Crippen LogP contribution in [0.5, 0.6) is 0 Å². The molecule has 6 nitrogen and oxygen atoms in total. The minimum absolute atomic E-state index is 0.0395. The molecule has 4 aromatic rings. The minimum Gasteiger partial charge on any atom is -0.369 e. The minimum atomic E-state index is 0.0395. The Morgan fingerprint density at radius 2 is 1.64 bits per heavy atom. The van der Waals surface area contributed by atoms with Gasteiger partial charge in [-0.25, -0.2) is 4.98 Å². The molecule has 1 fully saturated rings. The molecular weight excluding hydrogens is 446 g/mol. The van der Waals surface area contributed by atoms with Crippen molar-refractivity contribution in [1.82, 2.24) is 19.8 Å². The number of aromatic nitrogens is 2. The first-order valence-corrected chi connectivity index (χ1v) is 12.7. The Hall–Kier alpha value is -3.64. The fourth-order valence-corrected chi connectivity index (χ4v) is 5.21. The van der Waals surface area contributed by atoms with Crippen LogP contribution >= 0.6 is 0 Å². The number of hydrogen-bond acceptors (Lipinski definition) is 4. The van der Waals surface area contributed by atoms with Crippen LogP contribution in [0.4, 0.5) is 5.69 Å². The molecule has 0 unspecified atom stereocenters. The fraction of sp³-hybridized carbons (Fsp3) is 0.333. The third kappa shape index (κ3) is 4.49. The number of benzene rings is 2. The molecule has 36 heavy (non-hydrogen) atoms. The second kappa shape index (κ2) is 9.78. The first kappa shape index (κ1) is 24.1. The summed E-state index contributed by atoms with van der Waals surface area (Å²) in [5.41, 5.74) is 9.99. The molecule has 1 N–H and O–H groups in total. The van der Waals surface area contributed by atoms with Crippen LogP contribution in [0.3, 0.4) is 0 Å². The van der Waals surface area contributed by atoms with Crippen LogP contribution in [0.25, 0.3) is 33.3 Å². The van der Waals surface area contributed by atoms with Crippen molar-refractivity contribution in [3.63, 3.8) is 0 Å². The van der Waals surface area contributed by atoms with E-state index >= 15 is 0 Å². The van der Waals surface area contributed by atoms with Gasteiger partial charge in [-0.3, -0.25) is 4.79 Å². The third-order valence-electron chi connectivity index (χ3n) is 7.44. The molecule has 6 heteroatoms. The molecule has 2 aromatic carbocycles. The quantitative estimate of drug-likeness (QED) is 0.417. The summed E-state index contributed by atoms with van der Waals surface area (Å²) >= 11 is 0. The molecule has 0 saturated carbocycles. The number of pyridine rings is 1. The lowest BCUT2D eigenvalue weighted by molar-refractivity contribution is 0.0802. The summed E-state index contributed by atoms with van der Waals surface area (Å²) < 4.78 is 0. The average Bonchev–Trinajstić information content (AvgIpc) is 3.32. The number of nitrogens with one attached hydrogen (secondary N) is 1. The number of carbonyl (C=O) groups is 1. The summed E-state index contributed by atoms with van der Waals surface area (Å²) in [7, 11) is 4.02. The zero-order valence-corrected chi connectivity index (χ0v) is 21.9. The van der Waals surface area contributed by atoms with Crippen molar-refractivity contribution in [3.8, 4) is 22.3 Å². The first-order chi connectivity index (χ1) is 17.4. The van der Waals surface area contributed by atoms with Crippen LogP contribution in [-0.4, -0.2) is 72.5 Å². The van der Waals surface area contributed by atoms with E-state index in [1.807, 2.05) is 50.6 Å². The maximum Gasteiger partial charge on any atom is 0.253 e. The summed E-state index contributed by atoms with van der Waals surface area (Å²) in [4.78, 5) is 27.2. The van der Waals surface area contributed by atoms with Crippen LogP contribution in [0.15, 0.2) is 54.9 Å². The van der Waals surface area contributed by atoms with Crippen molar-refractivity contribution in [3.05, 3.63) is 71.5 Å². The van der Waals surface area contributed by atoms with Crippen LogP contribution in [0.1, 0.15) is 28.4 Å². The molecule has 0 atom stereocenters. The number of likely N-dealkylation sites (N-methyl/N-ethyl adjacent to an activating group) is 1. The van der Waals surface area contributed by atoms with Crippen molar-refractivity contribution in [2.24, 2.45) is 0 Å². The molecular formula is C30H35N5O. The number of piperazine rings is 1. The maximum atomic E-state index is 12.5. The van der Waals surface area contributed by atoms with E-state index in [2.05, 4.69) is 53.9 Å². The van der Waals surface area contributed by atoms with Gasteiger partial charge in [0, 0.05) is 79.9 Å². The number of anilines is 1. The van der Waals surface area contributed by atoms with Gasteiger partial charge in [-0.2, -0.15) is 0 Å². The number of aromatic amines is 1. The van der Waals surface area contributed by atoms with Crippen molar-refractivity contribution in [2.75, 3.05) is 51.7 Å². The van der Waals surface area contributed by atoms with Crippen LogP contribution < -0.4 is 4.90 Å². The molecule has 0 bridgehead atoms. The SMILES string of the molecule is CCN(C)C(=O)c1ccc(-c2c[nH]c3ncc(-c4cc(C)c(N5CCN(C)CC5)c(C)c4)cc23)cc1. The van der Waals surface area contributed by atoms with Gasteiger partial charge in [-0.1, -0.05) is 12.1 Å². The molecule has 1 aliphatic rings. The molecule has 5 rings (SSSR count). The molecule has 186 valence electrons. The number of carbonyl (C=O) groups excluding carboxylic acids is 1. The zero-order chi connectivity index (χ0) is 25.4. The Balaban J connectivity index is 1.47. The fourth-order valence-electron chi connectivity index (χ4n) is 5.21. The normalized spacial score (nSPS) is 14.4. The van der Waals surface area contributed by atoms with E-state index in [-0.39, 0.29) is 5.91 Å². The Labute approximate surface area is 213 Å². The molecule has 0 radical (unpaired) electrons. The van der Waals surface area contributed by atoms with Crippen molar-refractivity contribution < 1.29 is 4.79 Å². The van der Waals surface area contributed by atoms with Gasteiger partial charge < -0.3 is 19.7 Å². The van der Waals surface area contributed by atoms with Gasteiger partial charge in [-0.15, -0.1) is 0 Å². The highest BCUT2D eigenvalue weighted by Crippen LogP contribution is 2.35. The highest BCUT2D eigenvalue weighted by molar-refractivity contribution is 5.98. The van der Waals surface area contributed by atoms with Gasteiger partial charge in [0.15, 0.2) is 0 Å². The van der Waals surface area contributed by atoms with E-state index in [0.29, 0.717) is 12.1 Å². The topological polar surface area (TPSA) is 55.5 Å². The van der Waals surface area contributed by atoms with Gasteiger partial charge in [0.2, 0.25) is 0 Å². The first-order valence-electron chi connectivity index (χ1n) is 12.7. The molecule has 0 aliphatic carbocycles. The van der Waals surface area contributed by atoms with E-state index in [1.54, 1.807) is 4.90 Å². The monoisotopic (exact) mass is 481 g/mol. The lowest BCUT2D eigenvalue weighted by atomic mass is 9.97. The summed E-state index contributed by atoms with van der Waals surface area (Å²) in [6, 6.07) is 14.7. The number of amides is 1. The van der Waals surface area contributed by atoms with Gasteiger partial charge in [0.1, 0.15) is 5.65 Å². The number of fused-ring (bicyclic) bond motifs is 1. The molecule has 1 saturated heterocycles. The van der Waals surface area contributed by atoms with E-state index < -0.39 is 0 Å². The Morgan fingerprint density at radius 3 is 2.28 bits per heavy atom. The number of nitrogens with zero attached hydrogens (tertiary/aromatic N) is 4. The number of hydrogen-bond donors (Lipinski definition) is 1. The maximum absolute atomic E-state index is 12.5. The van der Waals surface area contributed by atoms with E-state index in [9.17, 15) is 4.79 Å². The van der Waals surface area contributed by atoms with Crippen molar-refractivity contribution in [1.29, 1.82) is 0 Å². The predicted molar refractivity (Wildman–Crippen MR) is 149 cm³/mol. The summed E-state index contributed by atoms with van der Waals surface area (Å²) in [5, 5.41) is 1.08. The second-order valence-electron chi connectivity index (χ2n) is 9.97. The van der Waals surface area contributed by atoms with E-state index in [0.717, 1.165) is 53.9 Å². The number of H-pyrrole nitrogens is 1. The lowest BCUT2D eigenvalue weighted by Crippen LogP contribution is -2.45. The lowest BCUT2D eigenvalue weighted by Gasteiger charge is -2.36. The molecule has 0 spiro atoms. The van der Waals surface area contributed by atoms with E-state index in [4.69, 9.17) is 4.98 Å². The summed E-state index contributed by atoms with van der Waals surface area (Å²) in [5.74, 6) is 0.0395. The van der Waals surface area contributed by atoms with E-state index in [1.165, 1.54) is 22.4 Å². The molecule has 3 heterocycles. The smallest absolute Gasteiger partial charge is 0.253 e. The average molecular weight is 482 g/mol. The highest BCUT2D eigenvalue weighted by atomic mass is 16.2. The number of aryl methyl sites for hydroxylation is 2. The van der Waals surface area contributed by atoms with Crippen LogP contribution in [0, 0.1) is 13.8 Å². The Kier molecular flexibility index (Phi) is 6.54. The molecule has 1 aliphatic heterocycles. The van der Waals surface area contributed by atoms with Gasteiger partial charge >= 0.3 is 0 Å². The van der Waals surface area contributed by atoms with Gasteiger partial charge in [0.05, 0.1) is 0 Å². The largest absolute Gasteiger partial charge is 0.369 e. The standard InChI is InChI=1S/C30H35N5O/c1-6-34(5)30(36)23-9-7-22(8-10-23)27-19-32-29-26(27)17-25(18-31-29)24-15-20(2)28(21(3)16-24)35-13-11-33(4)12-14-35/h7-10,15-19H,6,11-14H2,1-5H3,(H,31,32). The summed E-state index contributed by atoms with van der Waals surface area (Å²) in [6.07, 6.45) is 3.96. The van der Waals surface area contributed by atoms with Crippen LogP contribution in [-0.2, 0) is 0 Å². The second-order valence-corrected chi connectivity index (χ2v) is 9.97. The highest BCUT2D eigenvalue weighted by Gasteiger charge is 2.19. The Bertz CT molecular complexity index is 1370. The predicted octanol–water partition coefficient (Wildman–Crippen LogP) is 5.36. The third-order valence-corrected chi connectivity index (χ3v) is 7.44. The Morgan fingerprint density at radius 1 is 0.972 bits per heavy atom. The van der Waals surface area contributed by atoms with Crippen molar-refractivity contribution >= 4 is 22.6 Å². The van der Waals surface area contributed by atoms with Crippen molar-refractivity contribution in [2.45, 2.75) is 20.8 Å². The summed E-state index contributed by atoms with van der Waals surface area (Å²) in [6.45, 7) is 11.4. The molecule has 2 aromatic heterocycles. The van der Waals surface area contributed by atoms with Gasteiger partial charge in [-0.05, 0) is 80.4 Å². The van der Waals surface area contributed by atoms with Crippen LogP contribution in [0.2, 0.25) is 0 Å². The molecule has 1 amide bonds. The van der Waals surface area contributed by atoms with Gasteiger partial charge in [0.25, 0.3) is 5.91 Å². The number of rotatable bonds is 5.